The van der Waals surface area contributed by atoms with E-state index in [0.29, 0.717) is 37.5 Å². The lowest BCUT2D eigenvalue weighted by Gasteiger charge is -2.19. The fourth-order valence-electron chi connectivity index (χ4n) is 4.87. The number of carbonyl (C=O) groups is 2. The van der Waals surface area contributed by atoms with E-state index in [1.807, 2.05) is 36.4 Å². The number of hydrogen-bond donors (Lipinski definition) is 4. The van der Waals surface area contributed by atoms with Gasteiger partial charge >= 0.3 is 17.8 Å². The number of amides is 1. The maximum atomic E-state index is 14.4. The number of aromatic nitrogens is 2. The summed E-state index contributed by atoms with van der Waals surface area (Å²) < 4.78 is 48.6. The first kappa shape index (κ1) is 36.4. The molecule has 0 saturated heterocycles. The highest BCUT2D eigenvalue weighted by Crippen LogP contribution is 2.31. The summed E-state index contributed by atoms with van der Waals surface area (Å²) in [4.78, 5) is 50.0. The van der Waals surface area contributed by atoms with E-state index in [1.165, 1.54) is 10.6 Å². The van der Waals surface area contributed by atoms with Crippen LogP contribution in [-0.4, -0.2) is 45.9 Å². The number of carbonyl (C=O) groups excluding carboxylic acids is 1. The van der Waals surface area contributed by atoms with Crippen LogP contribution in [0.15, 0.2) is 82.4 Å². The Labute approximate surface area is 278 Å². The summed E-state index contributed by atoms with van der Waals surface area (Å²) >= 11 is 0. The molecule has 1 heterocycles. The smallest absolute Gasteiger partial charge is 0.475 e. The Balaban J connectivity index is 0.000000698. The first-order chi connectivity index (χ1) is 23.2. The fourth-order valence-corrected chi connectivity index (χ4v) is 4.87. The van der Waals surface area contributed by atoms with Gasteiger partial charge in [-0.25, -0.2) is 14.0 Å². The molecule has 0 spiro atoms. The minimum Gasteiger partial charge on any atom is -0.475 e. The number of halogens is 4. The van der Waals surface area contributed by atoms with Crippen LogP contribution in [0.5, 0.6) is 0 Å². The number of rotatable bonds is 11. The quantitative estimate of drug-likeness (QED) is 0.171. The first-order valence-corrected chi connectivity index (χ1v) is 15.3. The number of aliphatic carboxylic acids is 1. The molecular weight excluding hydrogens is 648 g/mol. The number of nitrogen functional groups attached to an aromatic ring is 1. The second kappa shape index (κ2) is 15.6. The first-order valence-electron chi connectivity index (χ1n) is 15.3. The lowest BCUT2D eigenvalue weighted by Crippen LogP contribution is -2.43. The molecule has 0 atom stereocenters. The SMILES string of the molecule is CN(C(=O)c1ccc(CN)cc1)c1ccc(CCNc2c(N)n(CC3CC3)c(=O)n(Cc3ccccc3F)c2=O)cc1.O=C(O)C(F)(F)F. The van der Waals surface area contributed by atoms with Crippen molar-refractivity contribution < 1.29 is 32.3 Å². The van der Waals surface area contributed by atoms with Crippen molar-refractivity contribution in [2.75, 3.05) is 29.5 Å². The monoisotopic (exact) mass is 684 g/mol. The Kier molecular flexibility index (Phi) is 11.6. The molecule has 1 aliphatic carbocycles. The van der Waals surface area contributed by atoms with Gasteiger partial charge in [0.05, 0.1) is 6.54 Å². The molecule has 0 bridgehead atoms. The Hall–Kier alpha value is -5.44. The van der Waals surface area contributed by atoms with Crippen molar-refractivity contribution >= 4 is 29.1 Å². The molecule has 1 fully saturated rings. The molecule has 11 nitrogen and oxygen atoms in total. The van der Waals surface area contributed by atoms with Crippen molar-refractivity contribution in [1.82, 2.24) is 9.13 Å². The maximum Gasteiger partial charge on any atom is 0.490 e. The third-order valence-electron chi connectivity index (χ3n) is 7.91. The molecule has 1 aromatic heterocycles. The predicted molar refractivity (Wildman–Crippen MR) is 177 cm³/mol. The van der Waals surface area contributed by atoms with Gasteiger partial charge in [0.2, 0.25) is 0 Å². The predicted octanol–water partition coefficient (Wildman–Crippen LogP) is 4.21. The van der Waals surface area contributed by atoms with Crippen LogP contribution in [0.4, 0.5) is 34.8 Å². The van der Waals surface area contributed by atoms with Crippen molar-refractivity contribution in [1.29, 1.82) is 0 Å². The van der Waals surface area contributed by atoms with Crippen LogP contribution < -0.4 is 32.9 Å². The highest BCUT2D eigenvalue weighted by molar-refractivity contribution is 6.05. The average Bonchev–Trinajstić information content (AvgIpc) is 3.91. The van der Waals surface area contributed by atoms with Crippen LogP contribution in [0.2, 0.25) is 0 Å². The standard InChI is InChI=1S/C32H35FN6O3.C2HF3O2/c1-37(30(40)24-12-8-22(18-34)9-13-24)26-14-10-21(11-15-26)16-17-36-28-29(35)38(19-23-6-7-23)32(42)39(31(28)41)20-25-4-2-3-5-27(25)33;3-2(4,5)1(6)7/h2-5,8-15,23,36H,6-7,16-20,34-35H2,1H3;(H,6,7). The number of nitrogens with one attached hydrogen (secondary N) is 1. The van der Waals surface area contributed by atoms with Gasteiger partial charge < -0.3 is 26.8 Å². The second-order valence-corrected chi connectivity index (χ2v) is 11.5. The van der Waals surface area contributed by atoms with E-state index in [9.17, 15) is 31.9 Å². The van der Waals surface area contributed by atoms with Gasteiger partial charge in [-0.05, 0) is 66.6 Å². The summed E-state index contributed by atoms with van der Waals surface area (Å²) in [5, 5.41) is 10.3. The van der Waals surface area contributed by atoms with Gasteiger partial charge in [0.15, 0.2) is 0 Å². The zero-order valence-corrected chi connectivity index (χ0v) is 26.5. The number of nitrogens with two attached hydrogens (primary N) is 2. The van der Waals surface area contributed by atoms with Crippen molar-refractivity contribution in [2.24, 2.45) is 11.7 Å². The molecule has 4 aromatic rings. The molecule has 0 aliphatic heterocycles. The Morgan fingerprint density at radius 1 is 0.959 bits per heavy atom. The largest absolute Gasteiger partial charge is 0.490 e. The second-order valence-electron chi connectivity index (χ2n) is 11.5. The number of carboxylic acids is 1. The van der Waals surface area contributed by atoms with Crippen molar-refractivity contribution in [3.63, 3.8) is 0 Å². The highest BCUT2D eigenvalue weighted by Gasteiger charge is 2.38. The number of alkyl halides is 3. The molecule has 1 saturated carbocycles. The van der Waals surface area contributed by atoms with Gasteiger partial charge in [-0.2, -0.15) is 13.2 Å². The molecule has 3 aromatic carbocycles. The van der Waals surface area contributed by atoms with Crippen molar-refractivity contribution in [2.45, 2.75) is 45.1 Å². The normalized spacial score (nSPS) is 12.5. The van der Waals surface area contributed by atoms with Crippen molar-refractivity contribution in [3.8, 4) is 0 Å². The third-order valence-corrected chi connectivity index (χ3v) is 7.91. The molecule has 1 aliphatic rings. The van der Waals surface area contributed by atoms with Crippen LogP contribution in [0, 0.1) is 11.7 Å². The number of nitrogens with zero attached hydrogens (tertiary/aromatic N) is 3. The Bertz CT molecular complexity index is 1900. The molecule has 15 heteroatoms. The maximum absolute atomic E-state index is 14.4. The lowest BCUT2D eigenvalue weighted by molar-refractivity contribution is -0.192. The molecular formula is C34H36F4N6O5. The summed E-state index contributed by atoms with van der Waals surface area (Å²) in [7, 11) is 1.72. The Morgan fingerprint density at radius 3 is 2.10 bits per heavy atom. The van der Waals surface area contributed by atoms with E-state index in [2.05, 4.69) is 5.32 Å². The highest BCUT2D eigenvalue weighted by atomic mass is 19.4. The van der Waals surface area contributed by atoms with Gasteiger partial charge in [0.1, 0.15) is 17.3 Å². The van der Waals surface area contributed by atoms with Crippen LogP contribution in [-0.2, 0) is 30.8 Å². The van der Waals surface area contributed by atoms with Crippen LogP contribution >= 0.6 is 0 Å². The zero-order valence-electron chi connectivity index (χ0n) is 26.5. The van der Waals surface area contributed by atoms with E-state index < -0.39 is 29.2 Å². The summed E-state index contributed by atoms with van der Waals surface area (Å²) in [6.07, 6.45) is -2.52. The molecule has 5 rings (SSSR count). The minimum absolute atomic E-state index is 0.0941. The summed E-state index contributed by atoms with van der Waals surface area (Å²) in [6.45, 7) is 1.03. The van der Waals surface area contributed by atoms with Gasteiger partial charge in [0.25, 0.3) is 11.5 Å². The van der Waals surface area contributed by atoms with Gasteiger partial charge in [-0.1, -0.05) is 42.5 Å². The summed E-state index contributed by atoms with van der Waals surface area (Å²) in [6, 6.07) is 20.9. The van der Waals surface area contributed by atoms with Gasteiger partial charge in [0, 0.05) is 43.5 Å². The fraction of sp³-hybridized carbons (Fsp3) is 0.294. The minimum atomic E-state index is -5.08. The number of carboxylic acid groups (broad SMARTS) is 1. The van der Waals surface area contributed by atoms with Gasteiger partial charge in [-0.15, -0.1) is 0 Å². The third kappa shape index (κ3) is 9.34. The number of hydrogen-bond acceptors (Lipinski definition) is 7. The van der Waals surface area contributed by atoms with E-state index >= 15 is 0 Å². The number of benzene rings is 3. The zero-order chi connectivity index (χ0) is 35.9. The van der Waals surface area contributed by atoms with E-state index in [0.717, 1.165) is 34.2 Å². The Morgan fingerprint density at radius 2 is 1.55 bits per heavy atom. The summed E-state index contributed by atoms with van der Waals surface area (Å²) in [5.74, 6) is -2.93. The molecule has 260 valence electrons. The topological polar surface area (TPSA) is 166 Å². The molecule has 1 amide bonds. The van der Waals surface area contributed by atoms with Crippen molar-refractivity contribution in [3.05, 3.63) is 122 Å². The van der Waals surface area contributed by atoms with E-state index in [-0.39, 0.29) is 29.5 Å². The van der Waals surface area contributed by atoms with E-state index in [4.69, 9.17) is 21.4 Å². The van der Waals surface area contributed by atoms with Gasteiger partial charge in [-0.3, -0.25) is 18.7 Å². The summed E-state index contributed by atoms with van der Waals surface area (Å²) in [5.41, 5.74) is 14.5. The number of anilines is 3. The lowest BCUT2D eigenvalue weighted by atomic mass is 10.1. The van der Waals surface area contributed by atoms with Crippen LogP contribution in [0.25, 0.3) is 0 Å². The molecule has 0 unspecified atom stereocenters. The molecule has 49 heavy (non-hydrogen) atoms. The molecule has 6 N–H and O–H groups in total. The average molecular weight is 685 g/mol. The van der Waals surface area contributed by atoms with Crippen LogP contribution in [0.1, 0.15) is 39.9 Å². The van der Waals surface area contributed by atoms with Crippen LogP contribution in [0.3, 0.4) is 0 Å². The molecule has 0 radical (unpaired) electrons. The van der Waals surface area contributed by atoms with E-state index in [1.54, 1.807) is 42.3 Å².